The average Bonchev–Trinajstić information content (AvgIpc) is 2.90. The fourth-order valence-electron chi connectivity index (χ4n) is 1.57. The Kier molecular flexibility index (Phi) is 2.64. The van der Waals surface area contributed by atoms with Gasteiger partial charge < -0.3 is 4.84 Å². The molecule has 2 aliphatic carbocycles. The van der Waals surface area contributed by atoms with Crippen LogP contribution in [0.5, 0.6) is 0 Å². The van der Waals surface area contributed by atoms with Gasteiger partial charge in [0.1, 0.15) is 6.61 Å². The first-order valence-corrected chi connectivity index (χ1v) is 5.13. The number of rotatable bonds is 3. The van der Waals surface area contributed by atoms with Gasteiger partial charge in [0.05, 0.1) is 5.71 Å². The van der Waals surface area contributed by atoms with Crippen molar-refractivity contribution in [2.75, 3.05) is 6.61 Å². The van der Waals surface area contributed by atoms with Gasteiger partial charge in [-0.3, -0.25) is 0 Å². The molecule has 0 amide bonds. The molecule has 2 aliphatic rings. The van der Waals surface area contributed by atoms with Gasteiger partial charge in [-0.2, -0.15) is 0 Å². The van der Waals surface area contributed by atoms with Crippen molar-refractivity contribution >= 4 is 5.71 Å². The summed E-state index contributed by atoms with van der Waals surface area (Å²) in [5.41, 5.74) is 1.29. The summed E-state index contributed by atoms with van der Waals surface area (Å²) in [6, 6.07) is 0. The molecule has 2 fully saturated rings. The number of oxime groups is 1. The summed E-state index contributed by atoms with van der Waals surface area (Å²) in [6.45, 7) is 0.865. The SMILES string of the molecule is C1CCC(=NOCC2CC2)CC1. The molecule has 0 saturated heterocycles. The Morgan fingerprint density at radius 2 is 1.92 bits per heavy atom. The molecule has 2 saturated carbocycles. The number of nitrogens with zero attached hydrogens (tertiary/aromatic N) is 1. The van der Waals surface area contributed by atoms with E-state index in [1.165, 1.54) is 50.7 Å². The van der Waals surface area contributed by atoms with Gasteiger partial charge in [-0.1, -0.05) is 11.6 Å². The molecule has 12 heavy (non-hydrogen) atoms. The van der Waals surface area contributed by atoms with Crippen LogP contribution in [0, 0.1) is 5.92 Å². The lowest BCUT2D eigenvalue weighted by Gasteiger charge is -2.11. The fraction of sp³-hybridized carbons (Fsp3) is 0.900. The van der Waals surface area contributed by atoms with Gasteiger partial charge in [-0.25, -0.2) is 0 Å². The van der Waals surface area contributed by atoms with Crippen molar-refractivity contribution in [3.8, 4) is 0 Å². The molecule has 0 aromatic heterocycles. The summed E-state index contributed by atoms with van der Waals surface area (Å²) in [4.78, 5) is 5.28. The molecule has 0 aromatic rings. The molecule has 2 nitrogen and oxygen atoms in total. The van der Waals surface area contributed by atoms with Crippen LogP contribution >= 0.6 is 0 Å². The van der Waals surface area contributed by atoms with Crippen molar-refractivity contribution in [2.24, 2.45) is 11.1 Å². The summed E-state index contributed by atoms with van der Waals surface area (Å²) >= 11 is 0. The second-order valence-corrected chi connectivity index (χ2v) is 3.96. The number of hydrogen-bond donors (Lipinski definition) is 0. The molecule has 2 heteroatoms. The lowest BCUT2D eigenvalue weighted by Crippen LogP contribution is -2.05. The van der Waals surface area contributed by atoms with Crippen LogP contribution in [0.1, 0.15) is 44.9 Å². The molecular weight excluding hydrogens is 150 g/mol. The van der Waals surface area contributed by atoms with Gasteiger partial charge in [0, 0.05) is 0 Å². The lowest BCUT2D eigenvalue weighted by molar-refractivity contribution is 0.132. The Hall–Kier alpha value is -0.530. The van der Waals surface area contributed by atoms with Crippen LogP contribution in [-0.2, 0) is 4.84 Å². The molecule has 0 heterocycles. The predicted molar refractivity (Wildman–Crippen MR) is 49.2 cm³/mol. The van der Waals surface area contributed by atoms with Crippen molar-refractivity contribution in [1.82, 2.24) is 0 Å². The highest BCUT2D eigenvalue weighted by atomic mass is 16.6. The van der Waals surface area contributed by atoms with Crippen LogP contribution in [0.15, 0.2) is 5.16 Å². The van der Waals surface area contributed by atoms with E-state index in [9.17, 15) is 0 Å². The zero-order valence-corrected chi connectivity index (χ0v) is 7.59. The van der Waals surface area contributed by atoms with E-state index >= 15 is 0 Å². The van der Waals surface area contributed by atoms with Gasteiger partial charge in [-0.15, -0.1) is 0 Å². The Morgan fingerprint density at radius 3 is 2.58 bits per heavy atom. The maximum Gasteiger partial charge on any atom is 0.120 e. The molecule has 0 aliphatic heterocycles. The van der Waals surface area contributed by atoms with E-state index in [-0.39, 0.29) is 0 Å². The van der Waals surface area contributed by atoms with E-state index in [2.05, 4.69) is 5.16 Å². The standard InChI is InChI=1S/C10H17NO/c1-2-4-10(5-3-1)11-12-8-9-6-7-9/h9H,1-8H2. The second kappa shape index (κ2) is 3.92. The van der Waals surface area contributed by atoms with Crippen LogP contribution in [0.3, 0.4) is 0 Å². The smallest absolute Gasteiger partial charge is 0.120 e. The maximum atomic E-state index is 5.28. The van der Waals surface area contributed by atoms with E-state index in [1.807, 2.05) is 0 Å². The molecule has 0 spiro atoms. The molecule has 0 atom stereocenters. The van der Waals surface area contributed by atoms with Crippen molar-refractivity contribution in [3.63, 3.8) is 0 Å². The summed E-state index contributed by atoms with van der Waals surface area (Å²) < 4.78 is 0. The highest BCUT2D eigenvalue weighted by Crippen LogP contribution is 2.29. The van der Waals surface area contributed by atoms with Crippen LogP contribution in [-0.4, -0.2) is 12.3 Å². The van der Waals surface area contributed by atoms with Crippen molar-refractivity contribution in [1.29, 1.82) is 0 Å². The second-order valence-electron chi connectivity index (χ2n) is 3.96. The topological polar surface area (TPSA) is 21.6 Å². The first-order valence-electron chi connectivity index (χ1n) is 5.13. The monoisotopic (exact) mass is 167 g/mol. The summed E-state index contributed by atoms with van der Waals surface area (Å²) in [6.07, 6.45) is 9.05. The Morgan fingerprint density at radius 1 is 1.17 bits per heavy atom. The summed E-state index contributed by atoms with van der Waals surface area (Å²) in [7, 11) is 0. The van der Waals surface area contributed by atoms with Crippen molar-refractivity contribution < 1.29 is 4.84 Å². The minimum Gasteiger partial charge on any atom is -0.396 e. The number of hydrogen-bond acceptors (Lipinski definition) is 2. The van der Waals surface area contributed by atoms with Crippen LogP contribution in [0.2, 0.25) is 0 Å². The summed E-state index contributed by atoms with van der Waals surface area (Å²) in [5.74, 6) is 0.831. The minimum absolute atomic E-state index is 0.831. The van der Waals surface area contributed by atoms with E-state index in [4.69, 9.17) is 4.84 Å². The Labute approximate surface area is 74.0 Å². The molecule has 0 unspecified atom stereocenters. The van der Waals surface area contributed by atoms with E-state index in [0.717, 1.165) is 12.5 Å². The highest BCUT2D eigenvalue weighted by Gasteiger charge is 2.22. The molecule has 0 N–H and O–H groups in total. The quantitative estimate of drug-likeness (QED) is 0.592. The van der Waals surface area contributed by atoms with Gasteiger partial charge in [0.15, 0.2) is 0 Å². The Bertz CT molecular complexity index is 165. The first-order chi connectivity index (χ1) is 5.95. The van der Waals surface area contributed by atoms with Gasteiger partial charge in [-0.05, 0) is 44.4 Å². The highest BCUT2D eigenvalue weighted by molar-refractivity contribution is 5.84. The van der Waals surface area contributed by atoms with Gasteiger partial charge in [0.25, 0.3) is 0 Å². The van der Waals surface area contributed by atoms with Gasteiger partial charge >= 0.3 is 0 Å². The third kappa shape index (κ3) is 2.50. The summed E-state index contributed by atoms with van der Waals surface area (Å²) in [5, 5.41) is 4.18. The first kappa shape index (κ1) is 8.09. The maximum absolute atomic E-state index is 5.28. The average molecular weight is 167 g/mol. The van der Waals surface area contributed by atoms with Crippen LogP contribution in [0.4, 0.5) is 0 Å². The van der Waals surface area contributed by atoms with Crippen LogP contribution in [0.25, 0.3) is 0 Å². The van der Waals surface area contributed by atoms with E-state index in [1.54, 1.807) is 0 Å². The Balaban J connectivity index is 1.65. The van der Waals surface area contributed by atoms with Crippen molar-refractivity contribution in [2.45, 2.75) is 44.9 Å². The van der Waals surface area contributed by atoms with E-state index < -0.39 is 0 Å². The zero-order chi connectivity index (χ0) is 8.23. The van der Waals surface area contributed by atoms with Crippen molar-refractivity contribution in [3.05, 3.63) is 0 Å². The third-order valence-corrected chi connectivity index (χ3v) is 2.63. The largest absolute Gasteiger partial charge is 0.396 e. The third-order valence-electron chi connectivity index (χ3n) is 2.63. The van der Waals surface area contributed by atoms with Gasteiger partial charge in [0.2, 0.25) is 0 Å². The molecule has 68 valence electrons. The zero-order valence-electron chi connectivity index (χ0n) is 7.59. The normalized spacial score (nSPS) is 23.8. The molecule has 0 radical (unpaired) electrons. The molecule has 0 aromatic carbocycles. The van der Waals surface area contributed by atoms with E-state index in [0.29, 0.717) is 0 Å². The van der Waals surface area contributed by atoms with Crippen LogP contribution < -0.4 is 0 Å². The molecule has 2 rings (SSSR count). The lowest BCUT2D eigenvalue weighted by atomic mass is 9.99. The predicted octanol–water partition coefficient (Wildman–Crippen LogP) is 2.73. The molecular formula is C10H17NO. The minimum atomic E-state index is 0.831. The fourth-order valence-corrected chi connectivity index (χ4v) is 1.57. The molecule has 0 bridgehead atoms.